The van der Waals surface area contributed by atoms with E-state index < -0.39 is 5.97 Å². The molecule has 6 heteroatoms. The number of amides is 2. The van der Waals surface area contributed by atoms with Crippen molar-refractivity contribution in [2.24, 2.45) is 17.3 Å². The quantitative estimate of drug-likeness (QED) is 0.702. The van der Waals surface area contributed by atoms with Crippen LogP contribution in [0.15, 0.2) is 24.3 Å². The molecule has 0 aromatic heterocycles. The molecule has 2 atom stereocenters. The van der Waals surface area contributed by atoms with Crippen LogP contribution in [0.2, 0.25) is 0 Å². The summed E-state index contributed by atoms with van der Waals surface area (Å²) in [5.74, 6) is 0.388. The standard InChI is InChI=1S/C22H32N2O4/c1-15-9-17(13-22(2,3)12-15)11-20(26)24-18-7-5-16(6-8-18)10-19(25)23-14-21(27)28-4/h5-8,15,17H,9-14H2,1-4H3,(H,23,25)(H,24,26). The number of esters is 1. The van der Waals surface area contributed by atoms with Crippen molar-refractivity contribution in [2.75, 3.05) is 19.0 Å². The van der Waals surface area contributed by atoms with E-state index in [1.165, 1.54) is 13.5 Å². The molecule has 1 aromatic carbocycles. The van der Waals surface area contributed by atoms with Gasteiger partial charge >= 0.3 is 5.97 Å². The minimum Gasteiger partial charge on any atom is -0.468 e. The Bertz CT molecular complexity index is 697. The van der Waals surface area contributed by atoms with Crippen molar-refractivity contribution in [3.63, 3.8) is 0 Å². The summed E-state index contributed by atoms with van der Waals surface area (Å²) in [6, 6.07) is 7.21. The van der Waals surface area contributed by atoms with Crippen LogP contribution in [0.4, 0.5) is 5.69 Å². The van der Waals surface area contributed by atoms with Gasteiger partial charge in [0.1, 0.15) is 6.54 Å². The van der Waals surface area contributed by atoms with Crippen LogP contribution in [0.5, 0.6) is 0 Å². The molecule has 2 N–H and O–H groups in total. The van der Waals surface area contributed by atoms with Crippen molar-refractivity contribution >= 4 is 23.5 Å². The van der Waals surface area contributed by atoms with Crippen molar-refractivity contribution in [3.05, 3.63) is 29.8 Å². The summed E-state index contributed by atoms with van der Waals surface area (Å²) >= 11 is 0. The Morgan fingerprint density at radius 1 is 1.11 bits per heavy atom. The Morgan fingerprint density at radius 3 is 2.39 bits per heavy atom. The maximum Gasteiger partial charge on any atom is 0.325 e. The first kappa shape index (κ1) is 21.9. The highest BCUT2D eigenvalue weighted by atomic mass is 16.5. The van der Waals surface area contributed by atoms with E-state index in [-0.39, 0.29) is 24.8 Å². The lowest BCUT2D eigenvalue weighted by atomic mass is 9.67. The van der Waals surface area contributed by atoms with Gasteiger partial charge in [-0.25, -0.2) is 0 Å². The lowest BCUT2D eigenvalue weighted by Gasteiger charge is -2.38. The van der Waals surface area contributed by atoms with Crippen LogP contribution in [0, 0.1) is 17.3 Å². The zero-order chi connectivity index (χ0) is 20.7. The summed E-state index contributed by atoms with van der Waals surface area (Å²) in [7, 11) is 1.28. The van der Waals surface area contributed by atoms with Gasteiger partial charge in [-0.2, -0.15) is 0 Å². The molecule has 0 spiro atoms. The number of ether oxygens (including phenoxy) is 1. The second-order valence-electron chi connectivity index (χ2n) is 8.76. The molecular formula is C22H32N2O4. The molecule has 1 saturated carbocycles. The summed E-state index contributed by atoms with van der Waals surface area (Å²) in [6.07, 6.45) is 4.13. The zero-order valence-corrected chi connectivity index (χ0v) is 17.3. The fraction of sp³-hybridized carbons (Fsp3) is 0.591. The topological polar surface area (TPSA) is 84.5 Å². The van der Waals surface area contributed by atoms with Crippen LogP contribution in [-0.2, 0) is 25.5 Å². The normalized spacial score (nSPS) is 20.9. The molecule has 0 radical (unpaired) electrons. The SMILES string of the molecule is COC(=O)CNC(=O)Cc1ccc(NC(=O)CC2CC(C)CC(C)(C)C2)cc1. The predicted molar refractivity (Wildman–Crippen MR) is 109 cm³/mol. The van der Waals surface area contributed by atoms with Gasteiger partial charge in [-0.05, 0) is 54.2 Å². The molecule has 0 saturated heterocycles. The maximum atomic E-state index is 12.4. The molecule has 6 nitrogen and oxygen atoms in total. The van der Waals surface area contributed by atoms with Crippen LogP contribution in [0.1, 0.15) is 52.0 Å². The zero-order valence-electron chi connectivity index (χ0n) is 17.3. The minimum absolute atomic E-state index is 0.0403. The lowest BCUT2D eigenvalue weighted by molar-refractivity contribution is -0.141. The first-order chi connectivity index (χ1) is 13.2. The number of hydrogen-bond donors (Lipinski definition) is 2. The summed E-state index contributed by atoms with van der Waals surface area (Å²) in [6.45, 7) is 6.70. The van der Waals surface area contributed by atoms with Crippen molar-refractivity contribution in [1.29, 1.82) is 0 Å². The van der Waals surface area contributed by atoms with Gasteiger partial charge in [0.15, 0.2) is 0 Å². The summed E-state index contributed by atoms with van der Waals surface area (Å²) in [5, 5.41) is 5.46. The fourth-order valence-electron chi connectivity index (χ4n) is 4.37. The monoisotopic (exact) mass is 388 g/mol. The molecule has 2 amide bonds. The number of carbonyl (C=O) groups is 3. The van der Waals surface area contributed by atoms with E-state index in [9.17, 15) is 14.4 Å². The Balaban J connectivity index is 1.80. The number of anilines is 1. The summed E-state index contributed by atoms with van der Waals surface area (Å²) in [5.41, 5.74) is 1.84. The smallest absolute Gasteiger partial charge is 0.325 e. The Morgan fingerprint density at radius 2 is 1.79 bits per heavy atom. The number of benzene rings is 1. The van der Waals surface area contributed by atoms with Crippen molar-refractivity contribution in [1.82, 2.24) is 5.32 Å². The molecule has 2 rings (SSSR count). The fourth-order valence-corrected chi connectivity index (χ4v) is 4.37. The highest BCUT2D eigenvalue weighted by Gasteiger charge is 2.32. The third-order valence-electron chi connectivity index (χ3n) is 5.21. The van der Waals surface area contributed by atoms with E-state index in [1.54, 1.807) is 24.3 Å². The molecule has 2 unspecified atom stereocenters. The second-order valence-corrected chi connectivity index (χ2v) is 8.76. The van der Waals surface area contributed by atoms with Gasteiger partial charge in [-0.15, -0.1) is 0 Å². The van der Waals surface area contributed by atoms with Crippen LogP contribution in [-0.4, -0.2) is 31.4 Å². The van der Waals surface area contributed by atoms with Crippen LogP contribution in [0.3, 0.4) is 0 Å². The van der Waals surface area contributed by atoms with E-state index in [2.05, 4.69) is 36.1 Å². The number of hydrogen-bond acceptors (Lipinski definition) is 4. The van der Waals surface area contributed by atoms with Gasteiger partial charge < -0.3 is 15.4 Å². The molecule has 1 aliphatic rings. The van der Waals surface area contributed by atoms with Gasteiger partial charge in [-0.3, -0.25) is 14.4 Å². The van der Waals surface area contributed by atoms with E-state index >= 15 is 0 Å². The Labute approximate surface area is 167 Å². The van der Waals surface area contributed by atoms with Crippen LogP contribution in [0.25, 0.3) is 0 Å². The maximum absolute atomic E-state index is 12.4. The van der Waals surface area contributed by atoms with Crippen LogP contribution < -0.4 is 10.6 Å². The predicted octanol–water partition coefficient (Wildman–Crippen LogP) is 3.31. The Kier molecular flexibility index (Phi) is 7.61. The van der Waals surface area contributed by atoms with Crippen molar-refractivity contribution < 1.29 is 19.1 Å². The number of rotatable bonds is 7. The van der Waals surface area contributed by atoms with E-state index in [4.69, 9.17) is 0 Å². The highest BCUT2D eigenvalue weighted by Crippen LogP contribution is 2.42. The van der Waals surface area contributed by atoms with Gasteiger partial charge in [0, 0.05) is 12.1 Å². The molecule has 154 valence electrons. The van der Waals surface area contributed by atoms with Crippen molar-refractivity contribution in [2.45, 2.75) is 52.9 Å². The summed E-state index contributed by atoms with van der Waals surface area (Å²) in [4.78, 5) is 35.3. The number of carbonyl (C=O) groups excluding carboxylic acids is 3. The highest BCUT2D eigenvalue weighted by molar-refractivity contribution is 5.91. The third-order valence-corrected chi connectivity index (χ3v) is 5.21. The molecule has 1 aliphatic carbocycles. The van der Waals surface area contributed by atoms with Gasteiger partial charge in [-0.1, -0.05) is 32.9 Å². The van der Waals surface area contributed by atoms with E-state index in [0.717, 1.165) is 24.1 Å². The van der Waals surface area contributed by atoms with Gasteiger partial charge in [0.25, 0.3) is 0 Å². The Hall–Kier alpha value is -2.37. The molecule has 1 fully saturated rings. The largest absolute Gasteiger partial charge is 0.468 e. The van der Waals surface area contributed by atoms with E-state index in [0.29, 0.717) is 23.7 Å². The summed E-state index contributed by atoms with van der Waals surface area (Å²) < 4.78 is 4.48. The van der Waals surface area contributed by atoms with Gasteiger partial charge in [0.2, 0.25) is 11.8 Å². The second kappa shape index (κ2) is 9.71. The average molecular weight is 389 g/mol. The molecule has 0 heterocycles. The molecule has 0 bridgehead atoms. The first-order valence-corrected chi connectivity index (χ1v) is 9.89. The molecule has 28 heavy (non-hydrogen) atoms. The molecule has 0 aliphatic heterocycles. The molecule has 1 aromatic rings. The third kappa shape index (κ3) is 7.33. The molecular weight excluding hydrogens is 356 g/mol. The lowest BCUT2D eigenvalue weighted by Crippen LogP contribution is -2.31. The van der Waals surface area contributed by atoms with Crippen LogP contribution >= 0.6 is 0 Å². The minimum atomic E-state index is -0.484. The van der Waals surface area contributed by atoms with Gasteiger partial charge in [0.05, 0.1) is 13.5 Å². The van der Waals surface area contributed by atoms with E-state index in [1.807, 2.05) is 0 Å². The number of nitrogens with one attached hydrogen (secondary N) is 2. The first-order valence-electron chi connectivity index (χ1n) is 9.89. The number of methoxy groups -OCH3 is 1. The average Bonchev–Trinajstić information content (AvgIpc) is 2.59. The van der Waals surface area contributed by atoms with Crippen molar-refractivity contribution in [3.8, 4) is 0 Å².